The molecule has 2 heterocycles. The first-order valence-corrected chi connectivity index (χ1v) is 8.91. The zero-order valence-corrected chi connectivity index (χ0v) is 15.4. The van der Waals surface area contributed by atoms with Crippen molar-refractivity contribution >= 4 is 11.8 Å². The van der Waals surface area contributed by atoms with Gasteiger partial charge in [-0.2, -0.15) is 5.10 Å². The van der Waals surface area contributed by atoms with Crippen molar-refractivity contribution in [3.63, 3.8) is 0 Å². The molecule has 0 saturated carbocycles. The Kier molecular flexibility index (Phi) is 5.27. The molecule has 1 aliphatic rings. The van der Waals surface area contributed by atoms with Gasteiger partial charge < -0.3 is 10.6 Å². The van der Waals surface area contributed by atoms with Gasteiger partial charge in [0, 0.05) is 30.6 Å². The normalized spacial score (nSPS) is 20.2. The van der Waals surface area contributed by atoms with Crippen LogP contribution in [0.4, 0.5) is 15.0 Å². The third-order valence-electron chi connectivity index (χ3n) is 4.40. The van der Waals surface area contributed by atoms with Gasteiger partial charge in [-0.05, 0) is 18.6 Å². The van der Waals surface area contributed by atoms with E-state index in [0.717, 1.165) is 11.4 Å². The first kappa shape index (κ1) is 18.4. The highest BCUT2D eigenvalue weighted by Gasteiger charge is 2.24. The summed E-state index contributed by atoms with van der Waals surface area (Å²) in [7, 11) is 0. The number of amides is 2. The first-order chi connectivity index (χ1) is 12.3. The van der Waals surface area contributed by atoms with Crippen LogP contribution < -0.4 is 16.0 Å². The quantitative estimate of drug-likeness (QED) is 0.786. The van der Waals surface area contributed by atoms with Gasteiger partial charge in [-0.1, -0.05) is 39.0 Å². The second-order valence-corrected chi connectivity index (χ2v) is 7.69. The summed E-state index contributed by atoms with van der Waals surface area (Å²) < 4.78 is 14.9. The highest BCUT2D eigenvalue weighted by atomic mass is 19.1. The number of nitrogens with one attached hydrogen (secondary N) is 3. The van der Waals surface area contributed by atoms with Gasteiger partial charge in [0.1, 0.15) is 12.0 Å². The molecule has 0 radical (unpaired) electrons. The zero-order valence-electron chi connectivity index (χ0n) is 15.4. The van der Waals surface area contributed by atoms with Crippen LogP contribution in [0.15, 0.2) is 36.4 Å². The monoisotopic (exact) mass is 359 g/mol. The predicted molar refractivity (Wildman–Crippen MR) is 101 cm³/mol. The summed E-state index contributed by atoms with van der Waals surface area (Å²) >= 11 is 0. The minimum Gasteiger partial charge on any atom is -0.336 e. The molecule has 1 aromatic heterocycles. The second kappa shape index (κ2) is 7.45. The lowest BCUT2D eigenvalue weighted by Crippen LogP contribution is -2.39. The second-order valence-electron chi connectivity index (χ2n) is 7.69. The largest absolute Gasteiger partial charge is 0.336 e. The number of hydrogen-bond acceptors (Lipinski definition) is 3. The fraction of sp³-hybridized carbons (Fsp3) is 0.474. The van der Waals surface area contributed by atoms with Crippen molar-refractivity contribution in [3.8, 4) is 5.69 Å². The molecule has 1 aliphatic heterocycles. The van der Waals surface area contributed by atoms with E-state index in [9.17, 15) is 9.18 Å². The number of hydrogen-bond donors (Lipinski definition) is 3. The Hall–Kier alpha value is -2.41. The Balaban J connectivity index is 1.73. The SMILES string of the molecule is CC(C)(C)c1cc(NC(=O)NC[C@@H]2C[C@H](F)CN2)n(-c2ccccc2)n1. The standard InChI is InChI=1S/C19H26FN5O/c1-19(2,3)16-10-17(25(24-16)15-7-5-4-6-8-15)23-18(26)22-12-14-9-13(20)11-21-14/h4-8,10,13-14,21H,9,11-12H2,1-3H3,(H2,22,23,26)/t13-,14-/m0/s1. The fourth-order valence-electron chi connectivity index (χ4n) is 2.90. The van der Waals surface area contributed by atoms with Gasteiger partial charge in [-0.15, -0.1) is 0 Å². The maximum Gasteiger partial charge on any atom is 0.320 e. The molecule has 140 valence electrons. The van der Waals surface area contributed by atoms with E-state index in [1.807, 2.05) is 36.4 Å². The van der Waals surface area contributed by atoms with Crippen LogP contribution in [0.1, 0.15) is 32.9 Å². The molecule has 1 saturated heterocycles. The molecule has 7 heteroatoms. The highest BCUT2D eigenvalue weighted by Crippen LogP contribution is 2.26. The number of urea groups is 1. The van der Waals surface area contributed by atoms with Crippen LogP contribution in [0, 0.1) is 0 Å². The van der Waals surface area contributed by atoms with Crippen LogP contribution in [0.5, 0.6) is 0 Å². The predicted octanol–water partition coefficient (Wildman–Crippen LogP) is 2.99. The van der Waals surface area contributed by atoms with Crippen LogP contribution in [-0.4, -0.2) is 41.1 Å². The Morgan fingerprint density at radius 2 is 2.08 bits per heavy atom. The van der Waals surface area contributed by atoms with Gasteiger partial charge in [0.15, 0.2) is 0 Å². The van der Waals surface area contributed by atoms with Crippen LogP contribution >= 0.6 is 0 Å². The number of aromatic nitrogens is 2. The van der Waals surface area contributed by atoms with E-state index in [4.69, 9.17) is 0 Å². The molecule has 0 bridgehead atoms. The number of halogens is 1. The summed E-state index contributed by atoms with van der Waals surface area (Å²) in [6, 6.07) is 11.2. The highest BCUT2D eigenvalue weighted by molar-refractivity contribution is 5.88. The molecule has 2 atom stereocenters. The average Bonchev–Trinajstić information content (AvgIpc) is 3.20. The van der Waals surface area contributed by atoms with E-state index in [-0.39, 0.29) is 17.5 Å². The zero-order chi connectivity index (χ0) is 18.7. The Morgan fingerprint density at radius 3 is 2.69 bits per heavy atom. The smallest absolute Gasteiger partial charge is 0.320 e. The number of anilines is 1. The third-order valence-corrected chi connectivity index (χ3v) is 4.40. The molecule has 1 fully saturated rings. The summed E-state index contributed by atoms with van der Waals surface area (Å²) in [5.74, 6) is 0.598. The average molecular weight is 359 g/mol. The number of carbonyl (C=O) groups excluding carboxylic acids is 1. The maximum atomic E-state index is 13.2. The number of para-hydroxylation sites is 1. The van der Waals surface area contributed by atoms with Crippen LogP contribution in [0.2, 0.25) is 0 Å². The Morgan fingerprint density at radius 1 is 1.35 bits per heavy atom. The van der Waals surface area contributed by atoms with Gasteiger partial charge >= 0.3 is 6.03 Å². The van der Waals surface area contributed by atoms with E-state index in [1.165, 1.54) is 0 Å². The minimum atomic E-state index is -0.835. The summed E-state index contributed by atoms with van der Waals surface area (Å²) in [5, 5.41) is 13.4. The molecule has 2 aromatic rings. The van der Waals surface area contributed by atoms with Crippen molar-refractivity contribution in [1.29, 1.82) is 0 Å². The molecule has 3 N–H and O–H groups in total. The molecule has 0 aliphatic carbocycles. The van der Waals surface area contributed by atoms with Gasteiger partial charge in [0.2, 0.25) is 0 Å². The Labute approximate surface area is 153 Å². The van der Waals surface area contributed by atoms with Crippen LogP contribution in [0.3, 0.4) is 0 Å². The topological polar surface area (TPSA) is 71.0 Å². The summed E-state index contributed by atoms with van der Waals surface area (Å²) in [6.45, 7) is 6.97. The van der Waals surface area contributed by atoms with Crippen molar-refractivity contribution in [2.45, 2.75) is 44.8 Å². The summed E-state index contributed by atoms with van der Waals surface area (Å²) in [4.78, 5) is 12.3. The van der Waals surface area contributed by atoms with Gasteiger partial charge in [-0.3, -0.25) is 5.32 Å². The molecular weight excluding hydrogens is 333 g/mol. The number of rotatable bonds is 4. The van der Waals surface area contributed by atoms with Gasteiger partial charge in [-0.25, -0.2) is 13.9 Å². The molecule has 6 nitrogen and oxygen atoms in total. The molecule has 26 heavy (non-hydrogen) atoms. The molecule has 1 aromatic carbocycles. The van der Waals surface area contributed by atoms with Crippen molar-refractivity contribution in [2.75, 3.05) is 18.4 Å². The molecule has 0 unspecified atom stereocenters. The lowest BCUT2D eigenvalue weighted by molar-refractivity contribution is 0.250. The summed E-state index contributed by atoms with van der Waals surface area (Å²) in [5.41, 5.74) is 1.61. The number of alkyl halides is 1. The lowest BCUT2D eigenvalue weighted by Gasteiger charge is -2.14. The van der Waals surface area contributed by atoms with E-state index in [2.05, 4.69) is 41.8 Å². The Bertz CT molecular complexity index is 753. The van der Waals surface area contributed by atoms with Crippen molar-refractivity contribution in [1.82, 2.24) is 20.4 Å². The van der Waals surface area contributed by atoms with Crippen LogP contribution in [0.25, 0.3) is 5.69 Å². The molecule has 2 amide bonds. The number of benzene rings is 1. The van der Waals surface area contributed by atoms with E-state index in [0.29, 0.717) is 25.3 Å². The van der Waals surface area contributed by atoms with Gasteiger partial charge in [0.05, 0.1) is 11.4 Å². The summed E-state index contributed by atoms with van der Waals surface area (Å²) in [6.07, 6.45) is -0.408. The van der Waals surface area contributed by atoms with E-state index in [1.54, 1.807) is 4.68 Å². The van der Waals surface area contributed by atoms with Crippen molar-refractivity contribution in [2.24, 2.45) is 0 Å². The van der Waals surface area contributed by atoms with Crippen molar-refractivity contribution < 1.29 is 9.18 Å². The first-order valence-electron chi connectivity index (χ1n) is 8.91. The minimum absolute atomic E-state index is 0.0279. The third kappa shape index (κ3) is 4.40. The maximum absolute atomic E-state index is 13.2. The van der Waals surface area contributed by atoms with Crippen molar-refractivity contribution in [3.05, 3.63) is 42.1 Å². The molecule has 3 rings (SSSR count). The molecule has 0 spiro atoms. The van der Waals surface area contributed by atoms with E-state index < -0.39 is 6.17 Å². The number of carbonyl (C=O) groups is 1. The lowest BCUT2D eigenvalue weighted by atomic mass is 9.92. The number of nitrogens with zero attached hydrogens (tertiary/aromatic N) is 2. The molecular formula is C19H26FN5O. The van der Waals surface area contributed by atoms with Crippen LogP contribution in [-0.2, 0) is 5.41 Å². The van der Waals surface area contributed by atoms with E-state index >= 15 is 0 Å². The fourth-order valence-corrected chi connectivity index (χ4v) is 2.90. The van der Waals surface area contributed by atoms with Gasteiger partial charge in [0.25, 0.3) is 0 Å².